The van der Waals surface area contributed by atoms with Crippen LogP contribution in [0.5, 0.6) is 0 Å². The van der Waals surface area contributed by atoms with E-state index in [0.717, 1.165) is 12.1 Å². The molecule has 2 heterocycles. The van der Waals surface area contributed by atoms with E-state index in [9.17, 15) is 27.6 Å². The lowest BCUT2D eigenvalue weighted by atomic mass is 9.98. The number of nitrogens with zero attached hydrogens (tertiary/aromatic N) is 3. The SMILES string of the molecule is C=CC[C@@](OCc1ccccc1)(c1nnc(-c2[nH]c(=O)c(C)cc2N(C(=O)OC(C)(C)C)C(=O)OC(C)(C)C)o1)C(F)(F)F. The predicted molar refractivity (Wildman–Crippen MR) is 154 cm³/mol. The fraction of sp³-hybridized carbons (Fsp3) is 0.433. The number of alkyl halides is 3. The predicted octanol–water partition coefficient (Wildman–Crippen LogP) is 6.96. The van der Waals surface area contributed by atoms with Gasteiger partial charge in [-0.1, -0.05) is 36.4 Å². The summed E-state index contributed by atoms with van der Waals surface area (Å²) < 4.78 is 66.0. The smallest absolute Gasteiger partial charge is 0.426 e. The molecule has 1 N–H and O–H groups in total. The van der Waals surface area contributed by atoms with Crippen molar-refractivity contribution in [1.29, 1.82) is 0 Å². The number of hydrogen-bond acceptors (Lipinski definition) is 9. The summed E-state index contributed by atoms with van der Waals surface area (Å²) in [7, 11) is 0. The number of carbonyl (C=O) groups is 2. The van der Waals surface area contributed by atoms with Crippen LogP contribution < -0.4 is 10.5 Å². The minimum absolute atomic E-state index is 0.0445. The van der Waals surface area contributed by atoms with Crippen molar-refractivity contribution in [2.75, 3.05) is 4.90 Å². The summed E-state index contributed by atoms with van der Waals surface area (Å²) in [6.45, 7) is 13.7. The summed E-state index contributed by atoms with van der Waals surface area (Å²) in [5.74, 6) is -1.64. The lowest BCUT2D eigenvalue weighted by Crippen LogP contribution is -2.45. The van der Waals surface area contributed by atoms with E-state index in [1.807, 2.05) is 0 Å². The summed E-state index contributed by atoms with van der Waals surface area (Å²) >= 11 is 0. The third-order valence-corrected chi connectivity index (χ3v) is 5.80. The van der Waals surface area contributed by atoms with Gasteiger partial charge in [-0.3, -0.25) is 4.79 Å². The standard InChI is InChI=1S/C30H35F3N4O7/c1-9-15-29(30(31,32)33,41-17-19-13-11-10-12-14-19)24-36-35-23(42-24)21-20(16-18(2)22(38)34-21)37(25(39)43-27(3,4)5)26(40)44-28(6,7)8/h9-14,16H,1,15,17H2,2-8H3,(H,34,38)/t29-/m1/s1. The molecule has 2 aromatic heterocycles. The Balaban J connectivity index is 2.22. The fourth-order valence-corrected chi connectivity index (χ4v) is 3.84. The van der Waals surface area contributed by atoms with E-state index in [4.69, 9.17) is 18.6 Å². The number of halogens is 3. The first kappa shape index (κ1) is 34.0. The number of nitrogens with one attached hydrogen (secondary N) is 1. The largest absolute Gasteiger partial charge is 0.443 e. The molecule has 0 fully saturated rings. The van der Waals surface area contributed by atoms with Crippen molar-refractivity contribution in [3.8, 4) is 11.6 Å². The minimum Gasteiger partial charge on any atom is -0.443 e. The lowest BCUT2D eigenvalue weighted by molar-refractivity contribution is -0.295. The maximum absolute atomic E-state index is 14.7. The highest BCUT2D eigenvalue weighted by atomic mass is 19.4. The monoisotopic (exact) mass is 620 g/mol. The van der Waals surface area contributed by atoms with Crippen LogP contribution in [0, 0.1) is 6.92 Å². The van der Waals surface area contributed by atoms with Gasteiger partial charge in [0.2, 0.25) is 5.60 Å². The summed E-state index contributed by atoms with van der Waals surface area (Å²) in [5.41, 5.74) is -6.26. The Bertz CT molecular complexity index is 1530. The quantitative estimate of drug-likeness (QED) is 0.265. The molecule has 3 aromatic rings. The fourth-order valence-electron chi connectivity index (χ4n) is 3.84. The van der Waals surface area contributed by atoms with Crippen LogP contribution in [-0.4, -0.2) is 44.7 Å². The molecule has 1 atom stereocenters. The Morgan fingerprint density at radius 2 is 1.57 bits per heavy atom. The van der Waals surface area contributed by atoms with Crippen LogP contribution >= 0.6 is 0 Å². The lowest BCUT2D eigenvalue weighted by Gasteiger charge is -2.31. The second kappa shape index (κ2) is 12.6. The summed E-state index contributed by atoms with van der Waals surface area (Å²) in [6.07, 6.45) is -7.26. The zero-order chi connectivity index (χ0) is 33.1. The van der Waals surface area contributed by atoms with E-state index >= 15 is 0 Å². The van der Waals surface area contributed by atoms with Crippen molar-refractivity contribution in [1.82, 2.24) is 15.2 Å². The zero-order valence-electron chi connectivity index (χ0n) is 25.5. The molecular formula is C30H35F3N4O7. The van der Waals surface area contributed by atoms with Gasteiger partial charge in [-0.2, -0.15) is 18.1 Å². The molecule has 0 bridgehead atoms. The van der Waals surface area contributed by atoms with Gasteiger partial charge in [-0.05, 0) is 60.1 Å². The van der Waals surface area contributed by atoms with E-state index in [0.29, 0.717) is 10.5 Å². The van der Waals surface area contributed by atoms with Crippen LogP contribution in [0.1, 0.15) is 65.0 Å². The third kappa shape index (κ3) is 7.92. The number of imide groups is 1. The van der Waals surface area contributed by atoms with Crippen LogP contribution in [0.4, 0.5) is 28.4 Å². The Kier molecular flexibility index (Phi) is 9.78. The Labute approximate surface area is 252 Å². The van der Waals surface area contributed by atoms with E-state index in [-0.39, 0.29) is 11.3 Å². The number of amides is 2. The number of benzene rings is 1. The van der Waals surface area contributed by atoms with Gasteiger partial charge in [0.1, 0.15) is 16.9 Å². The highest BCUT2D eigenvalue weighted by Gasteiger charge is 2.61. The normalized spacial score (nSPS) is 13.6. The van der Waals surface area contributed by atoms with Gasteiger partial charge in [0.15, 0.2) is 0 Å². The van der Waals surface area contributed by atoms with Crippen LogP contribution in [0.2, 0.25) is 0 Å². The number of aryl methyl sites for hydroxylation is 1. The van der Waals surface area contributed by atoms with Crippen molar-refractivity contribution in [3.05, 3.63) is 76.4 Å². The molecule has 11 nitrogen and oxygen atoms in total. The molecule has 0 aliphatic heterocycles. The summed E-state index contributed by atoms with van der Waals surface area (Å²) in [6, 6.07) is 9.30. The van der Waals surface area contributed by atoms with Crippen molar-refractivity contribution in [2.45, 2.75) is 84.5 Å². The highest BCUT2D eigenvalue weighted by molar-refractivity contribution is 6.11. The zero-order valence-corrected chi connectivity index (χ0v) is 25.5. The maximum atomic E-state index is 14.7. The molecule has 2 amide bonds. The molecule has 44 heavy (non-hydrogen) atoms. The second-order valence-corrected chi connectivity index (χ2v) is 11.8. The van der Waals surface area contributed by atoms with Crippen LogP contribution in [-0.2, 0) is 26.4 Å². The van der Waals surface area contributed by atoms with E-state index in [1.165, 1.54) is 6.92 Å². The number of carbonyl (C=O) groups excluding carboxylic acids is 2. The van der Waals surface area contributed by atoms with Crippen molar-refractivity contribution in [3.63, 3.8) is 0 Å². The third-order valence-electron chi connectivity index (χ3n) is 5.80. The second-order valence-electron chi connectivity index (χ2n) is 11.8. The highest BCUT2D eigenvalue weighted by Crippen LogP contribution is 2.46. The van der Waals surface area contributed by atoms with Crippen molar-refractivity contribution < 1.29 is 41.4 Å². The number of rotatable bonds is 8. The van der Waals surface area contributed by atoms with Crippen LogP contribution in [0.15, 0.2) is 58.3 Å². The molecule has 3 rings (SSSR count). The molecule has 238 valence electrons. The number of hydrogen-bond donors (Lipinski definition) is 1. The topological polar surface area (TPSA) is 137 Å². The Hall–Kier alpha value is -4.46. The molecule has 0 saturated heterocycles. The molecule has 0 spiro atoms. The first-order valence-electron chi connectivity index (χ1n) is 13.5. The van der Waals surface area contributed by atoms with Crippen molar-refractivity contribution in [2.24, 2.45) is 0 Å². The average Bonchev–Trinajstić information content (AvgIpc) is 3.37. The first-order chi connectivity index (χ1) is 20.3. The summed E-state index contributed by atoms with van der Waals surface area (Å²) in [4.78, 5) is 42.3. The number of ether oxygens (including phenoxy) is 3. The van der Waals surface area contributed by atoms with E-state index in [1.54, 1.807) is 71.9 Å². The van der Waals surface area contributed by atoms with Gasteiger partial charge in [0, 0.05) is 12.0 Å². The maximum Gasteiger partial charge on any atom is 0.426 e. The summed E-state index contributed by atoms with van der Waals surface area (Å²) in [5, 5.41) is 7.39. The van der Waals surface area contributed by atoms with Gasteiger partial charge < -0.3 is 23.6 Å². The molecule has 0 aliphatic carbocycles. The van der Waals surface area contributed by atoms with E-state index < -0.39 is 71.2 Å². The number of aromatic amines is 1. The number of anilines is 1. The molecule has 0 aliphatic rings. The number of aromatic nitrogens is 3. The van der Waals surface area contributed by atoms with Crippen LogP contribution in [0.3, 0.4) is 0 Å². The van der Waals surface area contributed by atoms with Crippen molar-refractivity contribution >= 4 is 17.9 Å². The van der Waals surface area contributed by atoms with Gasteiger partial charge >= 0.3 is 18.4 Å². The van der Waals surface area contributed by atoms with Gasteiger partial charge in [-0.15, -0.1) is 16.8 Å². The Morgan fingerprint density at radius 1 is 1.00 bits per heavy atom. The van der Waals surface area contributed by atoms with Gasteiger partial charge in [0.25, 0.3) is 17.3 Å². The Morgan fingerprint density at radius 3 is 2.07 bits per heavy atom. The first-order valence-corrected chi connectivity index (χ1v) is 13.5. The van der Waals surface area contributed by atoms with E-state index in [2.05, 4.69) is 21.8 Å². The molecular weight excluding hydrogens is 585 g/mol. The molecule has 0 radical (unpaired) electrons. The number of H-pyrrole nitrogens is 1. The molecule has 0 unspecified atom stereocenters. The number of pyridine rings is 1. The van der Waals surface area contributed by atoms with Gasteiger partial charge in [0.05, 0.1) is 12.3 Å². The molecule has 1 aromatic carbocycles. The van der Waals surface area contributed by atoms with Crippen LogP contribution in [0.25, 0.3) is 11.6 Å². The minimum atomic E-state index is -5.07. The molecule has 14 heteroatoms. The molecule has 0 saturated carbocycles. The van der Waals surface area contributed by atoms with Gasteiger partial charge in [-0.25, -0.2) is 9.59 Å². The average molecular weight is 621 g/mol.